The van der Waals surface area contributed by atoms with Gasteiger partial charge >= 0.3 is 0 Å². The van der Waals surface area contributed by atoms with Gasteiger partial charge in [0.1, 0.15) is 5.54 Å². The fraction of sp³-hybridized carbons (Fsp3) is 0.833. The molecule has 2 aliphatic carbocycles. The van der Waals surface area contributed by atoms with Crippen LogP contribution in [0.15, 0.2) is 4.99 Å². The third-order valence-electron chi connectivity index (χ3n) is 4.12. The first kappa shape index (κ1) is 9.37. The summed E-state index contributed by atoms with van der Waals surface area (Å²) in [6.45, 7) is 3.01. The van der Waals surface area contributed by atoms with Gasteiger partial charge in [0.15, 0.2) is 0 Å². The molecule has 0 aromatic carbocycles. The molecule has 2 saturated carbocycles. The van der Waals surface area contributed by atoms with Crippen LogP contribution in [-0.2, 0) is 4.79 Å². The smallest absolute Gasteiger partial charge is 0.255 e. The Bertz CT molecular complexity index is 314. The van der Waals surface area contributed by atoms with Gasteiger partial charge in [-0.15, -0.1) is 0 Å². The van der Waals surface area contributed by atoms with Crippen LogP contribution in [0.3, 0.4) is 0 Å². The third-order valence-corrected chi connectivity index (χ3v) is 4.12. The highest BCUT2D eigenvalue weighted by Crippen LogP contribution is 2.58. The van der Waals surface area contributed by atoms with E-state index in [-0.39, 0.29) is 11.4 Å². The van der Waals surface area contributed by atoms with E-state index in [1.165, 1.54) is 6.42 Å². The molecule has 1 spiro atoms. The summed E-state index contributed by atoms with van der Waals surface area (Å²) in [6.07, 6.45) is 7.41. The summed E-state index contributed by atoms with van der Waals surface area (Å²) in [7, 11) is 0. The van der Waals surface area contributed by atoms with Crippen LogP contribution in [0.1, 0.15) is 39.0 Å². The molecule has 3 heteroatoms. The lowest BCUT2D eigenvalue weighted by atomic mass is 9.93. The second-order valence-electron chi connectivity index (χ2n) is 5.29. The van der Waals surface area contributed by atoms with Crippen molar-refractivity contribution in [3.63, 3.8) is 0 Å². The van der Waals surface area contributed by atoms with E-state index in [4.69, 9.17) is 0 Å². The van der Waals surface area contributed by atoms with Crippen LogP contribution in [0.5, 0.6) is 0 Å². The largest absolute Gasteiger partial charge is 0.301 e. The van der Waals surface area contributed by atoms with Crippen molar-refractivity contribution in [1.29, 1.82) is 0 Å². The first-order chi connectivity index (χ1) is 7.25. The number of carbonyl (C=O) groups is 1. The minimum absolute atomic E-state index is 0.281. The van der Waals surface area contributed by atoms with Gasteiger partial charge in [-0.25, -0.2) is 0 Å². The molecule has 3 rings (SSSR count). The number of hydrogen-bond acceptors (Lipinski definition) is 2. The van der Waals surface area contributed by atoms with E-state index in [2.05, 4.69) is 11.9 Å². The zero-order chi connectivity index (χ0) is 10.5. The van der Waals surface area contributed by atoms with E-state index in [0.29, 0.717) is 0 Å². The van der Waals surface area contributed by atoms with Gasteiger partial charge in [-0.2, -0.15) is 0 Å². The Hall–Kier alpha value is -0.860. The van der Waals surface area contributed by atoms with Gasteiger partial charge in [0, 0.05) is 6.54 Å². The van der Waals surface area contributed by atoms with Crippen molar-refractivity contribution in [3.8, 4) is 0 Å². The van der Waals surface area contributed by atoms with Crippen LogP contribution in [0.4, 0.5) is 0 Å². The quantitative estimate of drug-likeness (QED) is 0.693. The molecule has 0 bridgehead atoms. The highest BCUT2D eigenvalue weighted by molar-refractivity contribution is 6.00. The zero-order valence-electron chi connectivity index (χ0n) is 9.28. The van der Waals surface area contributed by atoms with Crippen LogP contribution in [0, 0.1) is 11.8 Å². The van der Waals surface area contributed by atoms with Gasteiger partial charge in [0.05, 0.1) is 6.34 Å². The summed E-state index contributed by atoms with van der Waals surface area (Å²) in [4.78, 5) is 18.6. The molecule has 2 atom stereocenters. The van der Waals surface area contributed by atoms with E-state index in [1.54, 1.807) is 6.34 Å². The maximum Gasteiger partial charge on any atom is 0.255 e. The summed E-state index contributed by atoms with van der Waals surface area (Å²) in [5, 5.41) is 0. The van der Waals surface area contributed by atoms with Crippen molar-refractivity contribution in [2.75, 3.05) is 6.54 Å². The first-order valence-corrected chi connectivity index (χ1v) is 6.11. The van der Waals surface area contributed by atoms with Crippen LogP contribution in [0.25, 0.3) is 0 Å². The lowest BCUT2D eigenvalue weighted by Crippen LogP contribution is -2.40. The Labute approximate surface area is 90.6 Å². The lowest BCUT2D eigenvalue weighted by Gasteiger charge is -2.22. The van der Waals surface area contributed by atoms with Crippen LogP contribution in [-0.4, -0.2) is 29.2 Å². The number of fused-ring (bicyclic) bond motifs is 1. The Morgan fingerprint density at radius 1 is 1.53 bits per heavy atom. The van der Waals surface area contributed by atoms with Crippen molar-refractivity contribution in [3.05, 3.63) is 0 Å². The van der Waals surface area contributed by atoms with Crippen LogP contribution >= 0.6 is 0 Å². The molecule has 82 valence electrons. The van der Waals surface area contributed by atoms with Gasteiger partial charge in [0.2, 0.25) is 0 Å². The van der Waals surface area contributed by atoms with E-state index in [0.717, 1.165) is 44.1 Å². The summed E-state index contributed by atoms with van der Waals surface area (Å²) >= 11 is 0. The number of aliphatic imine (C=N–C) groups is 1. The maximum absolute atomic E-state index is 12.2. The Balaban J connectivity index is 1.69. The van der Waals surface area contributed by atoms with Crippen LogP contribution < -0.4 is 0 Å². The number of carbonyl (C=O) groups excluding carboxylic acids is 1. The monoisotopic (exact) mass is 206 g/mol. The molecule has 0 saturated heterocycles. The van der Waals surface area contributed by atoms with Crippen molar-refractivity contribution < 1.29 is 4.79 Å². The molecular formula is C12H18N2O. The zero-order valence-corrected chi connectivity index (χ0v) is 9.28. The van der Waals surface area contributed by atoms with Gasteiger partial charge in [0.25, 0.3) is 5.91 Å². The minimum Gasteiger partial charge on any atom is -0.301 e. The molecule has 3 nitrogen and oxygen atoms in total. The molecule has 15 heavy (non-hydrogen) atoms. The number of amides is 1. The van der Waals surface area contributed by atoms with Gasteiger partial charge < -0.3 is 4.90 Å². The van der Waals surface area contributed by atoms with Gasteiger partial charge in [-0.05, 0) is 37.5 Å². The summed E-state index contributed by atoms with van der Waals surface area (Å²) in [5.74, 6) is 1.91. The highest BCUT2D eigenvalue weighted by Gasteiger charge is 2.59. The predicted molar refractivity (Wildman–Crippen MR) is 58.7 cm³/mol. The molecule has 0 radical (unpaired) electrons. The third kappa shape index (κ3) is 1.32. The number of nitrogens with zero attached hydrogens (tertiary/aromatic N) is 2. The molecule has 2 fully saturated rings. The van der Waals surface area contributed by atoms with Crippen molar-refractivity contribution >= 4 is 12.2 Å². The Morgan fingerprint density at radius 3 is 2.93 bits per heavy atom. The van der Waals surface area contributed by atoms with E-state index >= 15 is 0 Å². The number of rotatable bonds is 3. The fourth-order valence-electron chi connectivity index (χ4n) is 3.08. The van der Waals surface area contributed by atoms with Crippen molar-refractivity contribution in [1.82, 2.24) is 4.90 Å². The van der Waals surface area contributed by atoms with Crippen LogP contribution in [0.2, 0.25) is 0 Å². The SMILES string of the molecule is CCCCN1C=NC2(CC3CC3C2)C1=O. The fourth-order valence-corrected chi connectivity index (χ4v) is 3.08. The molecule has 0 aromatic heterocycles. The first-order valence-electron chi connectivity index (χ1n) is 6.11. The van der Waals surface area contributed by atoms with E-state index in [1.807, 2.05) is 4.90 Å². The molecule has 0 N–H and O–H groups in total. The molecular weight excluding hydrogens is 188 g/mol. The molecule has 1 amide bonds. The molecule has 0 aromatic rings. The van der Waals surface area contributed by atoms with Gasteiger partial charge in [-0.3, -0.25) is 9.79 Å². The molecule has 1 heterocycles. The second kappa shape index (κ2) is 3.06. The molecule has 2 unspecified atom stereocenters. The second-order valence-corrected chi connectivity index (χ2v) is 5.29. The van der Waals surface area contributed by atoms with Crippen molar-refractivity contribution in [2.24, 2.45) is 16.8 Å². The average molecular weight is 206 g/mol. The average Bonchev–Trinajstić information content (AvgIpc) is 2.75. The molecule has 1 aliphatic heterocycles. The number of hydrogen-bond donors (Lipinski definition) is 0. The standard InChI is InChI=1S/C12H18N2O/c1-2-3-4-14-8-13-12(11(14)15)6-9-5-10(9)7-12/h8-10H,2-7H2,1H3. The summed E-state index contributed by atoms with van der Waals surface area (Å²) < 4.78 is 0. The minimum atomic E-state index is -0.304. The van der Waals surface area contributed by atoms with E-state index < -0.39 is 0 Å². The Kier molecular flexibility index (Phi) is 1.91. The van der Waals surface area contributed by atoms with Gasteiger partial charge in [-0.1, -0.05) is 13.3 Å². The topological polar surface area (TPSA) is 32.7 Å². The number of unbranched alkanes of at least 4 members (excludes halogenated alkanes) is 1. The normalized spacial score (nSPS) is 41.7. The summed E-state index contributed by atoms with van der Waals surface area (Å²) in [6, 6.07) is 0. The lowest BCUT2D eigenvalue weighted by molar-refractivity contribution is -0.131. The predicted octanol–water partition coefficient (Wildman–Crippen LogP) is 1.83. The molecule has 3 aliphatic rings. The van der Waals surface area contributed by atoms with E-state index in [9.17, 15) is 4.79 Å². The highest BCUT2D eigenvalue weighted by atomic mass is 16.2. The Morgan fingerprint density at radius 2 is 2.27 bits per heavy atom. The summed E-state index contributed by atoms with van der Waals surface area (Å²) in [5.41, 5.74) is -0.304. The van der Waals surface area contributed by atoms with Crippen molar-refractivity contribution in [2.45, 2.75) is 44.6 Å². The maximum atomic E-state index is 12.2.